The van der Waals surface area contributed by atoms with Crippen molar-refractivity contribution in [1.29, 1.82) is 0 Å². The predicted octanol–water partition coefficient (Wildman–Crippen LogP) is 2.98. The number of ether oxygens (including phenoxy) is 2. The van der Waals surface area contributed by atoms with Gasteiger partial charge in [-0.05, 0) is 43.2 Å². The van der Waals surface area contributed by atoms with Crippen LogP contribution in [0.4, 0.5) is 0 Å². The van der Waals surface area contributed by atoms with Gasteiger partial charge in [-0.3, -0.25) is 14.5 Å². The average molecular weight is 453 g/mol. The zero-order chi connectivity index (χ0) is 24.0. The van der Waals surface area contributed by atoms with Crippen LogP contribution in [0, 0.1) is 0 Å². The summed E-state index contributed by atoms with van der Waals surface area (Å²) in [5, 5.41) is 16.7. The molecule has 1 amide bonds. The molecule has 0 saturated carbocycles. The molecule has 174 valence electrons. The minimum Gasteiger partial charge on any atom is -0.479 e. The molecular formula is C24H28N4O5. The number of pyridine rings is 1. The van der Waals surface area contributed by atoms with Gasteiger partial charge in [-0.1, -0.05) is 30.3 Å². The first kappa shape index (κ1) is 24.1. The third-order valence-corrected chi connectivity index (χ3v) is 4.99. The summed E-state index contributed by atoms with van der Waals surface area (Å²) in [4.78, 5) is 28.5. The Bertz CT molecular complexity index is 1080. The number of carboxylic acid groups (broad SMARTS) is 1. The molecule has 3 rings (SSSR count). The number of carbonyl (C=O) groups excluding carboxylic acids is 1. The number of nitrogens with zero attached hydrogens (tertiary/aromatic N) is 3. The molecule has 0 aliphatic carbocycles. The molecule has 3 aromatic rings. The molecule has 2 heterocycles. The molecule has 0 bridgehead atoms. The van der Waals surface area contributed by atoms with Gasteiger partial charge in [-0.2, -0.15) is 5.10 Å². The SMILES string of the molecule is COC(c1ccc(CNC(=O)c2cc(-c3ccccn3)n(C)n2)cc1)C(OC(C)C)C(=O)O. The lowest BCUT2D eigenvalue weighted by atomic mass is 10.0. The molecule has 33 heavy (non-hydrogen) atoms. The van der Waals surface area contributed by atoms with Gasteiger partial charge in [0, 0.05) is 26.9 Å². The molecule has 2 aromatic heterocycles. The van der Waals surface area contributed by atoms with Crippen molar-refractivity contribution in [3.05, 3.63) is 71.5 Å². The zero-order valence-corrected chi connectivity index (χ0v) is 19.1. The molecule has 2 N–H and O–H groups in total. The summed E-state index contributed by atoms with van der Waals surface area (Å²) in [6.45, 7) is 3.84. The quantitative estimate of drug-likeness (QED) is 0.486. The molecular weight excluding hydrogens is 424 g/mol. The highest BCUT2D eigenvalue weighted by Gasteiger charge is 2.31. The van der Waals surface area contributed by atoms with Crippen LogP contribution in [0.3, 0.4) is 0 Å². The zero-order valence-electron chi connectivity index (χ0n) is 19.1. The number of methoxy groups -OCH3 is 1. The van der Waals surface area contributed by atoms with Crippen LogP contribution in [0.1, 0.15) is 41.6 Å². The highest BCUT2D eigenvalue weighted by atomic mass is 16.6. The summed E-state index contributed by atoms with van der Waals surface area (Å²) in [6.07, 6.45) is -0.457. The normalized spacial score (nSPS) is 13.0. The van der Waals surface area contributed by atoms with Gasteiger partial charge in [0.05, 0.1) is 17.5 Å². The molecule has 2 unspecified atom stereocenters. The smallest absolute Gasteiger partial charge is 0.335 e. The van der Waals surface area contributed by atoms with Gasteiger partial charge in [0.1, 0.15) is 6.10 Å². The van der Waals surface area contributed by atoms with Crippen LogP contribution in [-0.2, 0) is 27.9 Å². The minimum absolute atomic E-state index is 0.261. The molecule has 0 aliphatic rings. The van der Waals surface area contributed by atoms with E-state index in [0.29, 0.717) is 11.3 Å². The molecule has 0 saturated heterocycles. The summed E-state index contributed by atoms with van der Waals surface area (Å²) >= 11 is 0. The third kappa shape index (κ3) is 6.03. The van der Waals surface area contributed by atoms with E-state index in [-0.39, 0.29) is 18.6 Å². The van der Waals surface area contributed by atoms with Gasteiger partial charge in [-0.25, -0.2) is 4.79 Å². The van der Waals surface area contributed by atoms with E-state index in [1.54, 1.807) is 50.0 Å². The van der Waals surface area contributed by atoms with Crippen molar-refractivity contribution in [2.24, 2.45) is 7.05 Å². The van der Waals surface area contributed by atoms with E-state index in [9.17, 15) is 14.7 Å². The van der Waals surface area contributed by atoms with Gasteiger partial charge in [-0.15, -0.1) is 0 Å². The molecule has 2 atom stereocenters. The van der Waals surface area contributed by atoms with E-state index >= 15 is 0 Å². The van der Waals surface area contributed by atoms with E-state index in [1.807, 2.05) is 30.3 Å². The molecule has 0 radical (unpaired) electrons. The number of nitrogens with one attached hydrogen (secondary N) is 1. The van der Waals surface area contributed by atoms with E-state index in [2.05, 4.69) is 15.4 Å². The Morgan fingerprint density at radius 3 is 2.45 bits per heavy atom. The van der Waals surface area contributed by atoms with Crippen molar-refractivity contribution in [2.75, 3.05) is 7.11 Å². The van der Waals surface area contributed by atoms with E-state index in [1.165, 1.54) is 7.11 Å². The van der Waals surface area contributed by atoms with Crippen molar-refractivity contribution < 1.29 is 24.2 Å². The van der Waals surface area contributed by atoms with Crippen molar-refractivity contribution in [1.82, 2.24) is 20.1 Å². The van der Waals surface area contributed by atoms with Gasteiger partial charge in [0.2, 0.25) is 0 Å². The van der Waals surface area contributed by atoms with Crippen LogP contribution >= 0.6 is 0 Å². The standard InChI is InChI=1S/C24H28N4O5/c1-15(2)33-22(24(30)31)21(32-4)17-10-8-16(9-11-17)14-26-23(29)19-13-20(28(3)27-19)18-7-5-6-12-25-18/h5-13,15,21-22H,14H2,1-4H3,(H,26,29)(H,30,31). The van der Waals surface area contributed by atoms with Gasteiger partial charge >= 0.3 is 5.97 Å². The number of carbonyl (C=O) groups is 2. The number of aromatic nitrogens is 3. The second-order valence-corrected chi connectivity index (χ2v) is 7.78. The fraction of sp³-hybridized carbons (Fsp3) is 0.333. The third-order valence-electron chi connectivity index (χ3n) is 4.99. The second-order valence-electron chi connectivity index (χ2n) is 7.78. The lowest BCUT2D eigenvalue weighted by Crippen LogP contribution is -2.34. The van der Waals surface area contributed by atoms with Gasteiger partial charge in [0.25, 0.3) is 5.91 Å². The second kappa shape index (κ2) is 10.8. The van der Waals surface area contributed by atoms with E-state index in [4.69, 9.17) is 9.47 Å². The maximum Gasteiger partial charge on any atom is 0.335 e. The maximum absolute atomic E-state index is 12.6. The first-order valence-corrected chi connectivity index (χ1v) is 10.5. The Kier molecular flexibility index (Phi) is 7.92. The molecule has 0 spiro atoms. The molecule has 9 nitrogen and oxygen atoms in total. The Balaban J connectivity index is 1.66. The summed E-state index contributed by atoms with van der Waals surface area (Å²) in [5.74, 6) is -1.39. The van der Waals surface area contributed by atoms with E-state index in [0.717, 1.165) is 17.0 Å². The summed E-state index contributed by atoms with van der Waals surface area (Å²) in [7, 11) is 3.21. The fourth-order valence-corrected chi connectivity index (χ4v) is 3.42. The number of aliphatic carboxylic acids is 1. The number of rotatable bonds is 10. The minimum atomic E-state index is -1.13. The summed E-state index contributed by atoms with van der Waals surface area (Å²) in [6, 6.07) is 14.4. The lowest BCUT2D eigenvalue weighted by molar-refractivity contribution is -0.165. The number of aryl methyl sites for hydroxylation is 1. The number of benzene rings is 1. The van der Waals surface area contributed by atoms with Crippen LogP contribution in [-0.4, -0.2) is 51.1 Å². The summed E-state index contributed by atoms with van der Waals surface area (Å²) < 4.78 is 12.6. The van der Waals surface area contributed by atoms with Gasteiger partial charge in [0.15, 0.2) is 11.8 Å². The van der Waals surface area contributed by atoms with Crippen molar-refractivity contribution >= 4 is 11.9 Å². The molecule has 1 aromatic carbocycles. The van der Waals surface area contributed by atoms with Gasteiger partial charge < -0.3 is 19.9 Å². The summed E-state index contributed by atoms with van der Waals surface area (Å²) in [5.41, 5.74) is 3.29. The topological polar surface area (TPSA) is 116 Å². The van der Waals surface area contributed by atoms with Crippen LogP contribution in [0.15, 0.2) is 54.7 Å². The average Bonchev–Trinajstić information content (AvgIpc) is 3.20. The number of amides is 1. The number of hydrogen-bond donors (Lipinski definition) is 2. The highest BCUT2D eigenvalue weighted by molar-refractivity contribution is 5.93. The molecule has 9 heteroatoms. The lowest BCUT2D eigenvalue weighted by Gasteiger charge is -2.25. The Morgan fingerprint density at radius 1 is 1.15 bits per heavy atom. The number of carboxylic acids is 1. The number of hydrogen-bond acceptors (Lipinski definition) is 6. The first-order chi connectivity index (χ1) is 15.8. The first-order valence-electron chi connectivity index (χ1n) is 10.5. The van der Waals surface area contributed by atoms with Crippen LogP contribution in [0.2, 0.25) is 0 Å². The molecule has 0 fully saturated rings. The largest absolute Gasteiger partial charge is 0.479 e. The van der Waals surface area contributed by atoms with Crippen LogP contribution < -0.4 is 5.32 Å². The predicted molar refractivity (Wildman–Crippen MR) is 121 cm³/mol. The highest BCUT2D eigenvalue weighted by Crippen LogP contribution is 2.25. The van der Waals surface area contributed by atoms with Crippen LogP contribution in [0.25, 0.3) is 11.4 Å². The van der Waals surface area contributed by atoms with Crippen LogP contribution in [0.5, 0.6) is 0 Å². The Labute approximate surface area is 192 Å². The van der Waals surface area contributed by atoms with Crippen molar-refractivity contribution in [2.45, 2.75) is 38.7 Å². The maximum atomic E-state index is 12.6. The Morgan fingerprint density at radius 2 is 1.88 bits per heavy atom. The Hall–Kier alpha value is -3.56. The van der Waals surface area contributed by atoms with Crippen molar-refractivity contribution in [3.63, 3.8) is 0 Å². The van der Waals surface area contributed by atoms with E-state index < -0.39 is 18.2 Å². The van der Waals surface area contributed by atoms with Crippen molar-refractivity contribution in [3.8, 4) is 11.4 Å². The fourth-order valence-electron chi connectivity index (χ4n) is 3.42. The molecule has 0 aliphatic heterocycles. The monoisotopic (exact) mass is 452 g/mol.